The first-order chi connectivity index (χ1) is 16.2. The number of benzene rings is 1. The van der Waals surface area contributed by atoms with Crippen molar-refractivity contribution in [3.63, 3.8) is 0 Å². The Morgan fingerprint density at radius 2 is 1.70 bits per heavy atom. The van der Waals surface area contributed by atoms with Crippen LogP contribution >= 0.6 is 0 Å². The normalized spacial score (nSPS) is 17.6. The second-order valence-electron chi connectivity index (χ2n) is 9.34. The molecule has 0 radical (unpaired) electrons. The fourth-order valence-corrected chi connectivity index (χ4v) is 4.73. The molecule has 1 saturated carbocycles. The maximum absolute atomic E-state index is 6.25. The molecule has 4 aromatic rings. The first-order valence-electron chi connectivity index (χ1n) is 11.8. The molecule has 0 amide bonds. The number of nitrogen functional groups attached to an aromatic ring is 1. The molecular weight excluding hydrogens is 410 g/mol. The largest absolute Gasteiger partial charge is 0.383 e. The Labute approximate surface area is 193 Å². The van der Waals surface area contributed by atoms with Crippen molar-refractivity contribution in [2.75, 3.05) is 18.8 Å². The third kappa shape index (κ3) is 3.98. The molecule has 1 saturated heterocycles. The zero-order chi connectivity index (χ0) is 22.4. The molecule has 4 heterocycles. The second kappa shape index (κ2) is 8.24. The van der Waals surface area contributed by atoms with Gasteiger partial charge in [0.15, 0.2) is 11.5 Å². The molecule has 7 nitrogen and oxygen atoms in total. The molecule has 0 unspecified atom stereocenters. The molecule has 0 bridgehead atoms. The summed E-state index contributed by atoms with van der Waals surface area (Å²) < 4.78 is 2.12. The smallest absolute Gasteiger partial charge is 0.165 e. The number of imidazole rings is 1. The Morgan fingerprint density at radius 1 is 0.909 bits per heavy atom. The van der Waals surface area contributed by atoms with Crippen LogP contribution in [0.3, 0.4) is 0 Å². The summed E-state index contributed by atoms with van der Waals surface area (Å²) in [4.78, 5) is 16.7. The molecule has 1 aliphatic heterocycles. The van der Waals surface area contributed by atoms with E-state index < -0.39 is 0 Å². The molecule has 0 spiro atoms. The van der Waals surface area contributed by atoms with Crippen molar-refractivity contribution in [2.24, 2.45) is 5.73 Å². The Hall–Kier alpha value is -3.29. The van der Waals surface area contributed by atoms with Gasteiger partial charge in [0.1, 0.15) is 11.3 Å². The highest BCUT2D eigenvalue weighted by atomic mass is 15.1. The van der Waals surface area contributed by atoms with Crippen LogP contribution in [0.15, 0.2) is 54.7 Å². The fourth-order valence-electron chi connectivity index (χ4n) is 4.73. The van der Waals surface area contributed by atoms with Gasteiger partial charge in [-0.2, -0.15) is 0 Å². The van der Waals surface area contributed by atoms with Crippen LogP contribution in [0.5, 0.6) is 0 Å². The van der Waals surface area contributed by atoms with Crippen molar-refractivity contribution in [2.45, 2.75) is 44.2 Å². The summed E-state index contributed by atoms with van der Waals surface area (Å²) in [5, 5.41) is 0. The molecule has 3 aromatic heterocycles. The molecule has 33 heavy (non-hydrogen) atoms. The third-order valence-electron chi connectivity index (χ3n) is 6.83. The van der Waals surface area contributed by atoms with E-state index in [2.05, 4.69) is 50.8 Å². The molecule has 2 aliphatic rings. The lowest BCUT2D eigenvalue weighted by Crippen LogP contribution is -2.39. The molecule has 2 fully saturated rings. The van der Waals surface area contributed by atoms with Crippen LogP contribution in [0.25, 0.3) is 28.2 Å². The van der Waals surface area contributed by atoms with Gasteiger partial charge in [0.2, 0.25) is 0 Å². The van der Waals surface area contributed by atoms with Gasteiger partial charge in [0.25, 0.3) is 0 Å². The van der Waals surface area contributed by atoms with Gasteiger partial charge in [-0.3, -0.25) is 9.47 Å². The van der Waals surface area contributed by atoms with Crippen molar-refractivity contribution >= 4 is 17.0 Å². The predicted molar refractivity (Wildman–Crippen MR) is 131 cm³/mol. The third-order valence-corrected chi connectivity index (χ3v) is 6.83. The van der Waals surface area contributed by atoms with Crippen LogP contribution in [0, 0.1) is 0 Å². The average Bonchev–Trinajstić information content (AvgIpc) is 3.62. The number of nitrogens with two attached hydrogens (primary N) is 2. The molecule has 168 valence electrons. The fraction of sp³-hybridized carbons (Fsp3) is 0.346. The Morgan fingerprint density at radius 3 is 2.42 bits per heavy atom. The van der Waals surface area contributed by atoms with E-state index in [-0.39, 0.29) is 0 Å². The number of piperidine rings is 1. The van der Waals surface area contributed by atoms with Gasteiger partial charge in [0.05, 0.1) is 5.56 Å². The zero-order valence-electron chi connectivity index (χ0n) is 18.7. The lowest BCUT2D eigenvalue weighted by molar-refractivity contribution is 0.205. The van der Waals surface area contributed by atoms with Crippen LogP contribution in [-0.2, 0) is 6.54 Å². The Bertz CT molecular complexity index is 1280. The van der Waals surface area contributed by atoms with Gasteiger partial charge in [-0.15, -0.1) is 0 Å². The molecule has 6 rings (SSSR count). The van der Waals surface area contributed by atoms with Gasteiger partial charge in [0, 0.05) is 36.1 Å². The van der Waals surface area contributed by atoms with Crippen molar-refractivity contribution in [3.05, 3.63) is 66.0 Å². The summed E-state index contributed by atoms with van der Waals surface area (Å²) in [6, 6.07) is 17.1. The van der Waals surface area contributed by atoms with Gasteiger partial charge in [-0.1, -0.05) is 12.1 Å². The van der Waals surface area contributed by atoms with Crippen molar-refractivity contribution < 1.29 is 0 Å². The summed E-state index contributed by atoms with van der Waals surface area (Å²) in [5.74, 6) is 1.81. The minimum absolute atomic E-state index is 0.351. The average molecular weight is 440 g/mol. The van der Waals surface area contributed by atoms with Crippen molar-refractivity contribution in [1.82, 2.24) is 24.4 Å². The van der Waals surface area contributed by atoms with E-state index in [0.717, 1.165) is 66.4 Å². The highest BCUT2D eigenvalue weighted by molar-refractivity contribution is 5.83. The summed E-state index contributed by atoms with van der Waals surface area (Å²) in [6.07, 6.45) is 6.28. The summed E-state index contributed by atoms with van der Waals surface area (Å²) in [5.41, 5.74) is 18.3. The maximum Gasteiger partial charge on any atom is 0.165 e. The van der Waals surface area contributed by atoms with Crippen molar-refractivity contribution in [1.29, 1.82) is 0 Å². The number of anilines is 1. The second-order valence-corrected chi connectivity index (χ2v) is 9.34. The zero-order valence-corrected chi connectivity index (χ0v) is 18.7. The first kappa shape index (κ1) is 20.3. The predicted octanol–water partition coefficient (Wildman–Crippen LogP) is 3.87. The van der Waals surface area contributed by atoms with Crippen LogP contribution in [0.2, 0.25) is 0 Å². The monoisotopic (exact) mass is 439 g/mol. The Kier molecular flexibility index (Phi) is 5.08. The van der Waals surface area contributed by atoms with Crippen LogP contribution < -0.4 is 11.5 Å². The SMILES string of the molecule is Nc1ncccc1-c1nc2ccc(C3CC3)nc2n1-c1ccc(CN2CCC(N)CC2)cc1. The number of nitrogens with zero attached hydrogens (tertiary/aromatic N) is 5. The van der Waals surface area contributed by atoms with E-state index in [4.69, 9.17) is 21.4 Å². The maximum atomic E-state index is 6.25. The number of hydrogen-bond acceptors (Lipinski definition) is 6. The number of hydrogen-bond donors (Lipinski definition) is 2. The molecule has 1 aliphatic carbocycles. The molecule has 7 heteroatoms. The Balaban J connectivity index is 1.40. The van der Waals surface area contributed by atoms with Crippen LogP contribution in [0.1, 0.15) is 42.9 Å². The van der Waals surface area contributed by atoms with Gasteiger partial charge in [-0.05, 0) is 80.7 Å². The lowest BCUT2D eigenvalue weighted by Gasteiger charge is -2.30. The topological polar surface area (TPSA) is 98.9 Å². The first-order valence-corrected chi connectivity index (χ1v) is 11.8. The summed E-state index contributed by atoms with van der Waals surface area (Å²) >= 11 is 0. The van der Waals surface area contributed by atoms with Crippen LogP contribution in [0.4, 0.5) is 5.82 Å². The lowest BCUT2D eigenvalue weighted by atomic mass is 10.1. The minimum Gasteiger partial charge on any atom is -0.383 e. The van der Waals surface area contributed by atoms with E-state index in [1.54, 1.807) is 6.20 Å². The molecule has 4 N–H and O–H groups in total. The van der Waals surface area contributed by atoms with E-state index in [1.165, 1.54) is 18.4 Å². The van der Waals surface area contributed by atoms with E-state index in [1.807, 2.05) is 12.1 Å². The van der Waals surface area contributed by atoms with E-state index >= 15 is 0 Å². The summed E-state index contributed by atoms with van der Waals surface area (Å²) in [7, 11) is 0. The molecule has 1 aromatic carbocycles. The van der Waals surface area contributed by atoms with Gasteiger partial charge in [-0.25, -0.2) is 15.0 Å². The quantitative estimate of drug-likeness (QED) is 0.490. The minimum atomic E-state index is 0.351. The van der Waals surface area contributed by atoms with Gasteiger partial charge < -0.3 is 11.5 Å². The van der Waals surface area contributed by atoms with Crippen LogP contribution in [-0.4, -0.2) is 43.6 Å². The van der Waals surface area contributed by atoms with Crippen molar-refractivity contribution in [3.8, 4) is 17.1 Å². The standard InChI is InChI=1S/C26H29N7/c27-19-11-14-32(15-12-19)16-17-3-7-20(8-4-17)33-25(21-2-1-13-29-24(21)28)31-23-10-9-22(18-5-6-18)30-26(23)33/h1-4,7-10,13,18-19H,5-6,11-12,14-16,27H2,(H2,28,29). The van der Waals surface area contributed by atoms with E-state index in [9.17, 15) is 0 Å². The number of likely N-dealkylation sites (tertiary alicyclic amines) is 1. The number of pyridine rings is 2. The molecule has 0 atom stereocenters. The number of aromatic nitrogens is 4. The highest BCUT2D eigenvalue weighted by Crippen LogP contribution is 2.40. The highest BCUT2D eigenvalue weighted by Gasteiger charge is 2.26. The summed E-state index contributed by atoms with van der Waals surface area (Å²) in [6.45, 7) is 3.07. The van der Waals surface area contributed by atoms with E-state index in [0.29, 0.717) is 17.8 Å². The number of rotatable bonds is 5. The number of fused-ring (bicyclic) bond motifs is 1. The van der Waals surface area contributed by atoms with Gasteiger partial charge >= 0.3 is 0 Å². The molecular formula is C26H29N7.